The molecular weight excluding hydrogens is 178 g/mol. The van der Waals surface area contributed by atoms with Crippen molar-refractivity contribution < 1.29 is 9.90 Å². The van der Waals surface area contributed by atoms with Crippen molar-refractivity contribution in [3.63, 3.8) is 0 Å². The molecule has 1 aromatic heterocycles. The number of carboxylic acid groups (broad SMARTS) is 1. The lowest BCUT2D eigenvalue weighted by atomic mass is 10.1. The fourth-order valence-electron chi connectivity index (χ4n) is 1.57. The molecule has 1 aliphatic rings. The number of nitrogens with zero attached hydrogens (tertiary/aromatic N) is 1. The van der Waals surface area contributed by atoms with Crippen LogP contribution in [0.1, 0.15) is 47.3 Å². The van der Waals surface area contributed by atoms with E-state index in [1.54, 1.807) is 12.3 Å². The normalized spacial score (nSPS) is 15.5. The summed E-state index contributed by atoms with van der Waals surface area (Å²) in [6.45, 7) is 2.00. The van der Waals surface area contributed by atoms with Gasteiger partial charge in [0.1, 0.15) is 0 Å². The SMILES string of the molecule is CCc1cnc(C2CC2)c(C(=O)O)c1. The zero-order valence-electron chi connectivity index (χ0n) is 8.16. The minimum absolute atomic E-state index is 0.395. The van der Waals surface area contributed by atoms with E-state index in [4.69, 9.17) is 5.11 Å². The highest BCUT2D eigenvalue weighted by Crippen LogP contribution is 2.40. The Kier molecular flexibility index (Phi) is 2.23. The molecule has 1 fully saturated rings. The molecule has 2 rings (SSSR count). The monoisotopic (exact) mass is 191 g/mol. The molecule has 0 radical (unpaired) electrons. The predicted molar refractivity (Wildman–Crippen MR) is 52.5 cm³/mol. The summed E-state index contributed by atoms with van der Waals surface area (Å²) in [6.07, 6.45) is 4.79. The number of hydrogen-bond donors (Lipinski definition) is 1. The lowest BCUT2D eigenvalue weighted by molar-refractivity contribution is 0.0695. The second kappa shape index (κ2) is 3.40. The second-order valence-electron chi connectivity index (χ2n) is 3.71. The number of aryl methyl sites for hydroxylation is 1. The molecule has 1 N–H and O–H groups in total. The van der Waals surface area contributed by atoms with Gasteiger partial charge in [0.15, 0.2) is 0 Å². The van der Waals surface area contributed by atoms with Crippen molar-refractivity contribution in [2.45, 2.75) is 32.1 Å². The van der Waals surface area contributed by atoms with Gasteiger partial charge in [-0.2, -0.15) is 0 Å². The Balaban J connectivity index is 2.43. The number of carboxylic acids is 1. The molecule has 0 unspecified atom stereocenters. The Bertz CT molecular complexity index is 370. The molecule has 1 saturated carbocycles. The molecule has 0 aromatic carbocycles. The number of aromatic carboxylic acids is 1. The summed E-state index contributed by atoms with van der Waals surface area (Å²) >= 11 is 0. The minimum atomic E-state index is -0.852. The van der Waals surface area contributed by atoms with E-state index in [0.717, 1.165) is 30.5 Å². The van der Waals surface area contributed by atoms with E-state index >= 15 is 0 Å². The fourth-order valence-corrected chi connectivity index (χ4v) is 1.57. The Morgan fingerprint density at radius 1 is 1.64 bits per heavy atom. The standard InChI is InChI=1S/C11H13NO2/c1-2-7-5-9(11(13)14)10(12-6-7)8-3-4-8/h5-6,8H,2-4H2,1H3,(H,13,14). The van der Waals surface area contributed by atoms with Crippen molar-refractivity contribution in [3.8, 4) is 0 Å². The van der Waals surface area contributed by atoms with Crippen molar-refractivity contribution in [2.75, 3.05) is 0 Å². The first-order valence-electron chi connectivity index (χ1n) is 4.94. The van der Waals surface area contributed by atoms with Crippen LogP contribution in [0.4, 0.5) is 0 Å². The highest BCUT2D eigenvalue weighted by atomic mass is 16.4. The van der Waals surface area contributed by atoms with Crippen LogP contribution in [0.3, 0.4) is 0 Å². The minimum Gasteiger partial charge on any atom is -0.478 e. The second-order valence-corrected chi connectivity index (χ2v) is 3.71. The number of carbonyl (C=O) groups is 1. The third-order valence-electron chi connectivity index (χ3n) is 2.58. The fraction of sp³-hybridized carbons (Fsp3) is 0.455. The summed E-state index contributed by atoms with van der Waals surface area (Å²) < 4.78 is 0. The maximum absolute atomic E-state index is 11.0. The van der Waals surface area contributed by atoms with Crippen molar-refractivity contribution in [3.05, 3.63) is 29.1 Å². The van der Waals surface area contributed by atoms with Gasteiger partial charge in [0, 0.05) is 12.1 Å². The van der Waals surface area contributed by atoms with Gasteiger partial charge in [-0.15, -0.1) is 0 Å². The van der Waals surface area contributed by atoms with Crippen LogP contribution in [0.5, 0.6) is 0 Å². The molecule has 1 heterocycles. The van der Waals surface area contributed by atoms with Crippen molar-refractivity contribution in [1.82, 2.24) is 4.98 Å². The number of pyridine rings is 1. The van der Waals surface area contributed by atoms with E-state index in [0.29, 0.717) is 11.5 Å². The molecule has 74 valence electrons. The van der Waals surface area contributed by atoms with Crippen LogP contribution in [0.2, 0.25) is 0 Å². The van der Waals surface area contributed by atoms with E-state index in [2.05, 4.69) is 4.98 Å². The molecule has 1 aromatic rings. The molecule has 0 saturated heterocycles. The smallest absolute Gasteiger partial charge is 0.337 e. The Morgan fingerprint density at radius 3 is 2.86 bits per heavy atom. The molecular formula is C11H13NO2. The summed E-state index contributed by atoms with van der Waals surface area (Å²) in [5, 5.41) is 9.02. The number of aromatic nitrogens is 1. The van der Waals surface area contributed by atoms with Crippen LogP contribution in [0.15, 0.2) is 12.3 Å². The van der Waals surface area contributed by atoms with Gasteiger partial charge in [0.2, 0.25) is 0 Å². The summed E-state index contributed by atoms with van der Waals surface area (Å²) in [5.74, 6) is -0.457. The van der Waals surface area contributed by atoms with Crippen molar-refractivity contribution >= 4 is 5.97 Å². The molecule has 0 amide bonds. The van der Waals surface area contributed by atoms with Crippen LogP contribution < -0.4 is 0 Å². The molecule has 3 nitrogen and oxygen atoms in total. The van der Waals surface area contributed by atoms with Crippen LogP contribution >= 0.6 is 0 Å². The van der Waals surface area contributed by atoms with Gasteiger partial charge in [-0.05, 0) is 30.9 Å². The van der Waals surface area contributed by atoms with Crippen LogP contribution in [0.25, 0.3) is 0 Å². The summed E-state index contributed by atoms with van der Waals surface area (Å²) in [4.78, 5) is 15.2. The Morgan fingerprint density at radius 2 is 2.36 bits per heavy atom. The van der Waals surface area contributed by atoms with E-state index in [1.807, 2.05) is 6.92 Å². The lowest BCUT2D eigenvalue weighted by Crippen LogP contribution is -2.05. The van der Waals surface area contributed by atoms with Gasteiger partial charge < -0.3 is 5.11 Å². The van der Waals surface area contributed by atoms with E-state index < -0.39 is 5.97 Å². The van der Waals surface area contributed by atoms with Crippen LogP contribution in [0, 0.1) is 0 Å². The average molecular weight is 191 g/mol. The molecule has 14 heavy (non-hydrogen) atoms. The third-order valence-corrected chi connectivity index (χ3v) is 2.58. The number of rotatable bonds is 3. The zero-order chi connectivity index (χ0) is 10.1. The largest absolute Gasteiger partial charge is 0.478 e. The molecule has 0 aliphatic heterocycles. The maximum Gasteiger partial charge on any atom is 0.337 e. The van der Waals surface area contributed by atoms with Gasteiger partial charge in [0.25, 0.3) is 0 Å². The number of hydrogen-bond acceptors (Lipinski definition) is 2. The first-order chi connectivity index (χ1) is 6.72. The van der Waals surface area contributed by atoms with Gasteiger partial charge in [-0.3, -0.25) is 4.98 Å². The van der Waals surface area contributed by atoms with Gasteiger partial charge >= 0.3 is 5.97 Å². The van der Waals surface area contributed by atoms with Crippen molar-refractivity contribution in [2.24, 2.45) is 0 Å². The first-order valence-corrected chi connectivity index (χ1v) is 4.94. The quantitative estimate of drug-likeness (QED) is 0.796. The van der Waals surface area contributed by atoms with Gasteiger partial charge in [-0.1, -0.05) is 6.92 Å². The summed E-state index contributed by atoms with van der Waals surface area (Å²) in [5.41, 5.74) is 2.16. The van der Waals surface area contributed by atoms with E-state index in [-0.39, 0.29) is 0 Å². The average Bonchev–Trinajstić information content (AvgIpc) is 3.00. The van der Waals surface area contributed by atoms with Crippen molar-refractivity contribution in [1.29, 1.82) is 0 Å². The van der Waals surface area contributed by atoms with E-state index in [1.165, 1.54) is 0 Å². The van der Waals surface area contributed by atoms with Gasteiger partial charge in [-0.25, -0.2) is 4.79 Å². The Labute approximate surface area is 82.8 Å². The maximum atomic E-state index is 11.0. The molecule has 0 bridgehead atoms. The Hall–Kier alpha value is -1.38. The first kappa shape index (κ1) is 9.19. The molecule has 1 aliphatic carbocycles. The van der Waals surface area contributed by atoms with Gasteiger partial charge in [0.05, 0.1) is 11.3 Å². The summed E-state index contributed by atoms with van der Waals surface area (Å²) in [6, 6.07) is 1.75. The molecule has 0 spiro atoms. The zero-order valence-corrected chi connectivity index (χ0v) is 8.16. The third kappa shape index (κ3) is 1.62. The molecule has 3 heteroatoms. The predicted octanol–water partition coefficient (Wildman–Crippen LogP) is 2.22. The van der Waals surface area contributed by atoms with E-state index in [9.17, 15) is 4.79 Å². The lowest BCUT2D eigenvalue weighted by Gasteiger charge is -2.05. The van der Waals surface area contributed by atoms with Crippen LogP contribution in [-0.2, 0) is 6.42 Å². The topological polar surface area (TPSA) is 50.2 Å². The molecule has 0 atom stereocenters. The highest BCUT2D eigenvalue weighted by Gasteiger charge is 2.29. The highest BCUT2D eigenvalue weighted by molar-refractivity contribution is 5.89. The summed E-state index contributed by atoms with van der Waals surface area (Å²) in [7, 11) is 0. The van der Waals surface area contributed by atoms with Crippen LogP contribution in [-0.4, -0.2) is 16.1 Å².